The first-order valence-electron chi connectivity index (χ1n) is 6.93. The Morgan fingerprint density at radius 1 is 1.09 bits per heavy atom. The van der Waals surface area contributed by atoms with E-state index in [1.807, 2.05) is 24.3 Å². The summed E-state index contributed by atoms with van der Waals surface area (Å²) in [6, 6.07) is 10.5. The Morgan fingerprint density at radius 2 is 1.83 bits per heavy atom. The monoisotopic (exact) mass is 327 g/mol. The lowest BCUT2D eigenvalue weighted by Gasteiger charge is -2.02. The molecule has 0 amide bonds. The fourth-order valence-electron chi connectivity index (χ4n) is 2.22. The molecule has 6 heteroatoms. The lowest BCUT2D eigenvalue weighted by atomic mass is 10.1. The number of thiophene rings is 1. The number of rotatable bonds is 5. The van der Waals surface area contributed by atoms with Crippen LogP contribution in [0.2, 0.25) is 0 Å². The van der Waals surface area contributed by atoms with Crippen molar-refractivity contribution in [2.75, 3.05) is 6.61 Å². The second-order valence-electron chi connectivity index (χ2n) is 4.97. The SMILES string of the molecule is CC(=O)c1ccc(C(=O)OCC(=O)c2c[nH]c3ccccc23)s1. The number of nitrogens with one attached hydrogen (secondary N) is 1. The highest BCUT2D eigenvalue weighted by atomic mass is 32.1. The molecule has 0 aliphatic carbocycles. The van der Waals surface area contributed by atoms with Gasteiger partial charge in [-0.25, -0.2) is 4.79 Å². The van der Waals surface area contributed by atoms with Crippen molar-refractivity contribution in [3.63, 3.8) is 0 Å². The maximum atomic E-state index is 12.2. The number of hydrogen-bond donors (Lipinski definition) is 1. The number of benzene rings is 1. The fraction of sp³-hybridized carbons (Fsp3) is 0.118. The maximum absolute atomic E-state index is 12.2. The van der Waals surface area contributed by atoms with Crippen molar-refractivity contribution in [2.45, 2.75) is 6.92 Å². The van der Waals surface area contributed by atoms with Gasteiger partial charge in [-0.1, -0.05) is 18.2 Å². The number of aromatic nitrogens is 1. The van der Waals surface area contributed by atoms with Crippen LogP contribution in [0.4, 0.5) is 0 Å². The van der Waals surface area contributed by atoms with Crippen LogP contribution in [0.15, 0.2) is 42.6 Å². The van der Waals surface area contributed by atoms with Crippen LogP contribution in [-0.2, 0) is 4.74 Å². The van der Waals surface area contributed by atoms with E-state index in [1.165, 1.54) is 13.0 Å². The van der Waals surface area contributed by atoms with Gasteiger partial charge in [-0.2, -0.15) is 0 Å². The third-order valence-electron chi connectivity index (χ3n) is 3.38. The van der Waals surface area contributed by atoms with E-state index in [2.05, 4.69) is 4.98 Å². The van der Waals surface area contributed by atoms with Crippen LogP contribution in [0.3, 0.4) is 0 Å². The zero-order chi connectivity index (χ0) is 16.4. The third-order valence-corrected chi connectivity index (χ3v) is 4.54. The van der Waals surface area contributed by atoms with Crippen LogP contribution >= 0.6 is 11.3 Å². The highest BCUT2D eigenvalue weighted by molar-refractivity contribution is 7.15. The van der Waals surface area contributed by atoms with E-state index < -0.39 is 5.97 Å². The largest absolute Gasteiger partial charge is 0.453 e. The van der Waals surface area contributed by atoms with Crippen molar-refractivity contribution in [1.82, 2.24) is 4.98 Å². The summed E-state index contributed by atoms with van der Waals surface area (Å²) in [5, 5.41) is 0.795. The van der Waals surface area contributed by atoms with Crippen molar-refractivity contribution in [3.8, 4) is 0 Å². The Kier molecular flexibility index (Phi) is 4.08. The minimum atomic E-state index is -0.601. The van der Waals surface area contributed by atoms with Gasteiger partial charge < -0.3 is 9.72 Å². The van der Waals surface area contributed by atoms with Gasteiger partial charge >= 0.3 is 5.97 Å². The smallest absolute Gasteiger partial charge is 0.348 e. The maximum Gasteiger partial charge on any atom is 0.348 e. The second kappa shape index (κ2) is 6.18. The van der Waals surface area contributed by atoms with E-state index in [9.17, 15) is 14.4 Å². The molecule has 0 spiro atoms. The molecule has 0 atom stereocenters. The molecule has 0 bridgehead atoms. The van der Waals surface area contributed by atoms with Crippen molar-refractivity contribution in [1.29, 1.82) is 0 Å². The van der Waals surface area contributed by atoms with Gasteiger partial charge in [0.15, 0.2) is 12.4 Å². The number of ketones is 2. The fourth-order valence-corrected chi connectivity index (χ4v) is 3.01. The summed E-state index contributed by atoms with van der Waals surface area (Å²) in [4.78, 5) is 39.2. The summed E-state index contributed by atoms with van der Waals surface area (Å²) in [6.07, 6.45) is 1.61. The van der Waals surface area contributed by atoms with Gasteiger partial charge in [-0.3, -0.25) is 9.59 Å². The predicted molar refractivity (Wildman–Crippen MR) is 87.2 cm³/mol. The first kappa shape index (κ1) is 15.2. The molecule has 0 saturated heterocycles. The summed E-state index contributed by atoms with van der Waals surface area (Å²) in [7, 11) is 0. The zero-order valence-electron chi connectivity index (χ0n) is 12.3. The number of hydrogen-bond acceptors (Lipinski definition) is 5. The molecule has 0 fully saturated rings. The molecular formula is C17H13NO4S. The number of carbonyl (C=O) groups excluding carboxylic acids is 3. The molecular weight excluding hydrogens is 314 g/mol. The number of ether oxygens (including phenoxy) is 1. The summed E-state index contributed by atoms with van der Waals surface area (Å²) in [5.41, 5.74) is 1.34. The van der Waals surface area contributed by atoms with Crippen molar-refractivity contribution >= 4 is 39.8 Å². The van der Waals surface area contributed by atoms with Gasteiger partial charge in [0, 0.05) is 22.7 Å². The van der Waals surface area contributed by atoms with E-state index in [-0.39, 0.29) is 18.2 Å². The first-order chi connectivity index (χ1) is 11.1. The normalized spacial score (nSPS) is 10.7. The minimum absolute atomic E-state index is 0.107. The average Bonchev–Trinajstić information content (AvgIpc) is 3.19. The lowest BCUT2D eigenvalue weighted by Crippen LogP contribution is -2.13. The highest BCUT2D eigenvalue weighted by Gasteiger charge is 2.17. The van der Waals surface area contributed by atoms with Gasteiger partial charge in [-0.05, 0) is 25.1 Å². The van der Waals surface area contributed by atoms with Crippen molar-refractivity contribution in [2.24, 2.45) is 0 Å². The van der Waals surface area contributed by atoms with Crippen molar-refractivity contribution in [3.05, 3.63) is 57.9 Å². The van der Waals surface area contributed by atoms with Gasteiger partial charge in [0.05, 0.1) is 4.88 Å². The highest BCUT2D eigenvalue weighted by Crippen LogP contribution is 2.20. The Balaban J connectivity index is 1.68. The summed E-state index contributed by atoms with van der Waals surface area (Å²) in [6.45, 7) is 1.09. The minimum Gasteiger partial charge on any atom is -0.453 e. The standard InChI is InChI=1S/C17H13NO4S/c1-10(19)15-6-7-16(23-15)17(21)22-9-14(20)12-8-18-13-5-3-2-4-11(12)13/h2-8,18H,9H2,1H3. The quantitative estimate of drug-likeness (QED) is 0.575. The van der Waals surface area contributed by atoms with Crippen LogP contribution in [0.25, 0.3) is 10.9 Å². The zero-order valence-corrected chi connectivity index (χ0v) is 13.1. The number of carbonyl (C=O) groups is 3. The van der Waals surface area contributed by atoms with Crippen LogP contribution in [0.5, 0.6) is 0 Å². The Hall–Kier alpha value is -2.73. The van der Waals surface area contributed by atoms with Gasteiger partial charge in [-0.15, -0.1) is 11.3 Å². The van der Waals surface area contributed by atoms with E-state index >= 15 is 0 Å². The molecule has 2 heterocycles. The Labute approximate surface area is 135 Å². The number of Topliss-reactive ketones (excluding diaryl/α,β-unsaturated/α-hetero) is 2. The Morgan fingerprint density at radius 3 is 2.57 bits per heavy atom. The average molecular weight is 327 g/mol. The van der Waals surface area contributed by atoms with Gasteiger partial charge in [0.1, 0.15) is 4.88 Å². The molecule has 3 aromatic rings. The number of esters is 1. The van der Waals surface area contributed by atoms with Crippen LogP contribution in [0, 0.1) is 0 Å². The molecule has 0 radical (unpaired) electrons. The number of H-pyrrole nitrogens is 1. The predicted octanol–water partition coefficient (Wildman–Crippen LogP) is 3.47. The number of aromatic amines is 1. The molecule has 1 aromatic carbocycles. The molecule has 0 aliphatic heterocycles. The molecule has 2 aromatic heterocycles. The molecule has 116 valence electrons. The van der Waals surface area contributed by atoms with Gasteiger partial charge in [0.25, 0.3) is 0 Å². The molecule has 1 N–H and O–H groups in total. The number of fused-ring (bicyclic) bond motifs is 1. The molecule has 0 unspecified atom stereocenters. The summed E-state index contributed by atoms with van der Waals surface area (Å²) < 4.78 is 5.05. The van der Waals surface area contributed by atoms with Crippen molar-refractivity contribution < 1.29 is 19.1 Å². The molecule has 3 rings (SSSR count). The third kappa shape index (κ3) is 3.07. The van der Waals surface area contributed by atoms with Gasteiger partial charge in [0.2, 0.25) is 5.78 Å². The Bertz CT molecular complexity index is 906. The first-order valence-corrected chi connectivity index (χ1v) is 7.75. The van der Waals surface area contributed by atoms with Crippen LogP contribution in [-0.4, -0.2) is 29.1 Å². The van der Waals surface area contributed by atoms with E-state index in [0.29, 0.717) is 15.3 Å². The molecule has 0 saturated carbocycles. The second-order valence-corrected chi connectivity index (χ2v) is 6.05. The van der Waals surface area contributed by atoms with E-state index in [1.54, 1.807) is 12.3 Å². The topological polar surface area (TPSA) is 76.2 Å². The number of para-hydroxylation sites is 1. The van der Waals surface area contributed by atoms with Crippen LogP contribution in [0.1, 0.15) is 36.6 Å². The molecule has 23 heavy (non-hydrogen) atoms. The lowest BCUT2D eigenvalue weighted by molar-refractivity contribution is 0.0480. The van der Waals surface area contributed by atoms with E-state index in [0.717, 1.165) is 22.2 Å². The summed E-state index contributed by atoms with van der Waals surface area (Å²) >= 11 is 1.06. The van der Waals surface area contributed by atoms with Crippen LogP contribution < -0.4 is 0 Å². The van der Waals surface area contributed by atoms with E-state index in [4.69, 9.17) is 4.74 Å². The molecule has 0 aliphatic rings. The molecule has 5 nitrogen and oxygen atoms in total. The summed E-state index contributed by atoms with van der Waals surface area (Å²) in [5.74, 6) is -0.987.